The van der Waals surface area contributed by atoms with E-state index < -0.39 is 18.2 Å². The van der Waals surface area contributed by atoms with Crippen molar-refractivity contribution in [2.45, 2.75) is 19.3 Å². The molecule has 8 heteroatoms. The van der Waals surface area contributed by atoms with Gasteiger partial charge in [-0.25, -0.2) is 18.7 Å². The van der Waals surface area contributed by atoms with Crippen molar-refractivity contribution in [3.63, 3.8) is 0 Å². The smallest absolute Gasteiger partial charge is 0.365 e. The predicted octanol–water partition coefficient (Wildman–Crippen LogP) is 3.43. The number of nitrogens with zero attached hydrogens (tertiary/aromatic N) is 2. The number of methoxy groups -OCH3 is 1. The molecule has 0 amide bonds. The fourth-order valence-corrected chi connectivity index (χ4v) is 1.78. The molecule has 0 aliphatic heterocycles. The fourth-order valence-electron chi connectivity index (χ4n) is 1.78. The Morgan fingerprint density at radius 3 is 2.57 bits per heavy atom. The van der Waals surface area contributed by atoms with Crippen molar-refractivity contribution >= 4 is 16.7 Å². The first kappa shape index (κ1) is 15.3. The zero-order chi connectivity index (χ0) is 15.6. The van der Waals surface area contributed by atoms with Gasteiger partial charge in [0.2, 0.25) is 5.82 Å². The van der Waals surface area contributed by atoms with Crippen LogP contribution in [-0.4, -0.2) is 30.0 Å². The molecule has 4 nitrogen and oxygen atoms in total. The summed E-state index contributed by atoms with van der Waals surface area (Å²) in [5.41, 5.74) is 0.136. The Hall–Kier alpha value is -2.12. The van der Waals surface area contributed by atoms with E-state index in [2.05, 4.69) is 15.3 Å². The standard InChI is InChI=1S/C13H13F4N3O/c1-3-18-10-8-6-7(21-2)4-5-9(8)19-12(20-10)13(16,17)11(14)15/h4-6,11H,3H2,1-2H3,(H,18,19,20). The summed E-state index contributed by atoms with van der Waals surface area (Å²) in [5.74, 6) is -5.06. The summed E-state index contributed by atoms with van der Waals surface area (Å²) in [6, 6.07) is 4.48. The van der Waals surface area contributed by atoms with Crippen LogP contribution in [-0.2, 0) is 5.92 Å². The minimum Gasteiger partial charge on any atom is -0.497 e. The molecule has 2 rings (SSSR count). The maximum Gasteiger partial charge on any atom is 0.365 e. The van der Waals surface area contributed by atoms with E-state index in [9.17, 15) is 17.6 Å². The molecule has 0 unspecified atom stereocenters. The molecule has 0 bridgehead atoms. The molecule has 1 N–H and O–H groups in total. The van der Waals surface area contributed by atoms with E-state index >= 15 is 0 Å². The quantitative estimate of drug-likeness (QED) is 0.860. The van der Waals surface area contributed by atoms with E-state index in [1.807, 2.05) is 0 Å². The zero-order valence-corrected chi connectivity index (χ0v) is 11.3. The van der Waals surface area contributed by atoms with Crippen molar-refractivity contribution in [1.82, 2.24) is 9.97 Å². The summed E-state index contributed by atoms with van der Waals surface area (Å²) >= 11 is 0. The minimum atomic E-state index is -4.40. The lowest BCUT2D eigenvalue weighted by atomic mass is 10.2. The van der Waals surface area contributed by atoms with Crippen LogP contribution in [0.2, 0.25) is 0 Å². The first-order valence-electron chi connectivity index (χ1n) is 6.16. The highest BCUT2D eigenvalue weighted by molar-refractivity contribution is 5.90. The number of alkyl halides is 4. The van der Waals surface area contributed by atoms with E-state index in [4.69, 9.17) is 4.74 Å². The maximum atomic E-state index is 13.4. The summed E-state index contributed by atoms with van der Waals surface area (Å²) in [6.07, 6.45) is -3.87. The second-order valence-corrected chi connectivity index (χ2v) is 4.23. The molecule has 0 fully saturated rings. The van der Waals surface area contributed by atoms with Crippen LogP contribution in [0.25, 0.3) is 10.9 Å². The van der Waals surface area contributed by atoms with Crippen molar-refractivity contribution in [1.29, 1.82) is 0 Å². The van der Waals surface area contributed by atoms with E-state index in [1.165, 1.54) is 19.2 Å². The molecule has 0 atom stereocenters. The third-order valence-corrected chi connectivity index (χ3v) is 2.82. The average Bonchev–Trinajstić information content (AvgIpc) is 2.46. The molecular weight excluding hydrogens is 290 g/mol. The van der Waals surface area contributed by atoms with Gasteiger partial charge in [0.15, 0.2) is 0 Å². The number of halogens is 4. The van der Waals surface area contributed by atoms with Gasteiger partial charge in [-0.2, -0.15) is 8.78 Å². The SMILES string of the molecule is CCNc1nc(C(F)(F)C(F)F)nc2ccc(OC)cc12. The van der Waals surface area contributed by atoms with Crippen LogP contribution in [0, 0.1) is 0 Å². The van der Waals surface area contributed by atoms with E-state index in [0.717, 1.165) is 0 Å². The zero-order valence-electron chi connectivity index (χ0n) is 11.3. The lowest BCUT2D eigenvalue weighted by molar-refractivity contribution is -0.140. The van der Waals surface area contributed by atoms with Crippen LogP contribution in [0.15, 0.2) is 18.2 Å². The monoisotopic (exact) mass is 303 g/mol. The number of nitrogens with one attached hydrogen (secondary N) is 1. The Kier molecular flexibility index (Phi) is 4.15. The molecule has 1 heterocycles. The molecule has 1 aromatic carbocycles. The Morgan fingerprint density at radius 1 is 1.29 bits per heavy atom. The molecule has 2 aromatic rings. The van der Waals surface area contributed by atoms with E-state index in [0.29, 0.717) is 17.7 Å². The van der Waals surface area contributed by atoms with Crippen molar-refractivity contribution in [2.75, 3.05) is 19.0 Å². The molecule has 0 saturated heterocycles. The maximum absolute atomic E-state index is 13.4. The number of fused-ring (bicyclic) bond motifs is 1. The number of rotatable bonds is 5. The fraction of sp³-hybridized carbons (Fsp3) is 0.385. The van der Waals surface area contributed by atoms with Crippen LogP contribution >= 0.6 is 0 Å². The van der Waals surface area contributed by atoms with Crippen LogP contribution < -0.4 is 10.1 Å². The molecule has 114 valence electrons. The van der Waals surface area contributed by atoms with Gasteiger partial charge in [-0.1, -0.05) is 0 Å². The molecule has 21 heavy (non-hydrogen) atoms. The van der Waals surface area contributed by atoms with Crippen LogP contribution in [0.4, 0.5) is 23.4 Å². The number of anilines is 1. The largest absolute Gasteiger partial charge is 0.497 e. The third-order valence-electron chi connectivity index (χ3n) is 2.82. The highest BCUT2D eigenvalue weighted by Gasteiger charge is 2.46. The van der Waals surface area contributed by atoms with Gasteiger partial charge in [0.05, 0.1) is 12.6 Å². The molecule has 0 radical (unpaired) electrons. The molecule has 0 spiro atoms. The van der Waals surface area contributed by atoms with Crippen LogP contribution in [0.1, 0.15) is 12.7 Å². The Morgan fingerprint density at radius 2 is 2.00 bits per heavy atom. The van der Waals surface area contributed by atoms with Crippen molar-refractivity contribution in [3.05, 3.63) is 24.0 Å². The lowest BCUT2D eigenvalue weighted by Gasteiger charge is -2.16. The molecule has 0 aliphatic rings. The molecule has 0 saturated carbocycles. The topological polar surface area (TPSA) is 47.0 Å². The number of ether oxygens (including phenoxy) is 1. The highest BCUT2D eigenvalue weighted by Crippen LogP contribution is 2.35. The summed E-state index contributed by atoms with van der Waals surface area (Å²) in [4.78, 5) is 7.10. The van der Waals surface area contributed by atoms with Crippen molar-refractivity contribution in [3.8, 4) is 5.75 Å². The summed E-state index contributed by atoms with van der Waals surface area (Å²) in [6.45, 7) is 2.13. The van der Waals surface area contributed by atoms with Gasteiger partial charge < -0.3 is 10.1 Å². The average molecular weight is 303 g/mol. The first-order chi connectivity index (χ1) is 9.90. The van der Waals surface area contributed by atoms with Gasteiger partial charge in [-0.05, 0) is 25.1 Å². The number of hydrogen-bond acceptors (Lipinski definition) is 4. The number of aromatic nitrogens is 2. The number of hydrogen-bond donors (Lipinski definition) is 1. The second-order valence-electron chi connectivity index (χ2n) is 4.23. The number of benzene rings is 1. The first-order valence-corrected chi connectivity index (χ1v) is 6.16. The van der Waals surface area contributed by atoms with Crippen molar-refractivity contribution in [2.24, 2.45) is 0 Å². The molecule has 1 aromatic heterocycles. The van der Waals surface area contributed by atoms with E-state index in [1.54, 1.807) is 13.0 Å². The van der Waals surface area contributed by atoms with Gasteiger partial charge in [-0.3, -0.25) is 0 Å². The van der Waals surface area contributed by atoms with E-state index in [-0.39, 0.29) is 11.3 Å². The normalized spacial score (nSPS) is 12.0. The highest BCUT2D eigenvalue weighted by atomic mass is 19.3. The molecular formula is C13H13F4N3O. The molecule has 0 aliphatic carbocycles. The summed E-state index contributed by atoms with van der Waals surface area (Å²) in [5, 5.41) is 3.19. The Bertz CT molecular complexity index is 649. The van der Waals surface area contributed by atoms with Gasteiger partial charge in [-0.15, -0.1) is 0 Å². The van der Waals surface area contributed by atoms with Gasteiger partial charge in [0, 0.05) is 11.9 Å². The van der Waals surface area contributed by atoms with Gasteiger partial charge in [0.25, 0.3) is 0 Å². The Labute approximate surface area is 118 Å². The lowest BCUT2D eigenvalue weighted by Crippen LogP contribution is -2.27. The second kappa shape index (κ2) is 5.71. The van der Waals surface area contributed by atoms with Gasteiger partial charge in [0.1, 0.15) is 11.6 Å². The predicted molar refractivity (Wildman–Crippen MR) is 70.2 cm³/mol. The van der Waals surface area contributed by atoms with Crippen molar-refractivity contribution < 1.29 is 22.3 Å². The van der Waals surface area contributed by atoms with Crippen LogP contribution in [0.5, 0.6) is 5.75 Å². The minimum absolute atomic E-state index is 0.0664. The summed E-state index contributed by atoms with van der Waals surface area (Å²) in [7, 11) is 1.45. The third kappa shape index (κ3) is 2.84. The van der Waals surface area contributed by atoms with Gasteiger partial charge >= 0.3 is 12.3 Å². The summed E-state index contributed by atoms with van der Waals surface area (Å²) < 4.78 is 56.9. The van der Waals surface area contributed by atoms with Crippen LogP contribution in [0.3, 0.4) is 0 Å². The Balaban J connectivity index is 2.66.